The van der Waals surface area contributed by atoms with Crippen LogP contribution in [-0.4, -0.2) is 27.0 Å². The van der Waals surface area contributed by atoms with Gasteiger partial charge in [-0.05, 0) is 45.0 Å². The number of nitrogens with zero attached hydrogens (tertiary/aromatic N) is 4. The number of rotatable bonds is 5. The fourth-order valence-electron chi connectivity index (χ4n) is 3.75. The first-order chi connectivity index (χ1) is 15.9. The number of aromatic nitrogens is 4. The van der Waals surface area contributed by atoms with Crippen molar-refractivity contribution in [1.82, 2.24) is 19.9 Å². The van der Waals surface area contributed by atoms with Crippen molar-refractivity contribution in [3.63, 3.8) is 0 Å². The zero-order valence-corrected chi connectivity index (χ0v) is 18.7. The molecule has 0 unspecified atom stereocenters. The second kappa shape index (κ2) is 8.05. The quantitative estimate of drug-likeness (QED) is 0.390. The van der Waals surface area contributed by atoms with Gasteiger partial charge in [0.05, 0.1) is 19.0 Å². The summed E-state index contributed by atoms with van der Waals surface area (Å²) in [6, 6.07) is 15.4. The molecule has 2 aromatic carbocycles. The molecule has 0 aliphatic rings. The average molecular weight is 442 g/mol. The maximum Gasteiger partial charge on any atom is 0.297 e. The van der Waals surface area contributed by atoms with Gasteiger partial charge in [0, 0.05) is 11.1 Å². The Labute approximate surface area is 189 Å². The third kappa shape index (κ3) is 3.69. The van der Waals surface area contributed by atoms with E-state index in [1.807, 2.05) is 62.4 Å². The van der Waals surface area contributed by atoms with Crippen LogP contribution in [0, 0.1) is 20.8 Å². The van der Waals surface area contributed by atoms with E-state index in [9.17, 15) is 4.79 Å². The molecular weight excluding hydrogens is 420 g/mol. The van der Waals surface area contributed by atoms with Crippen LogP contribution in [0.4, 0.5) is 0 Å². The minimum atomic E-state index is -0.354. The molecule has 33 heavy (non-hydrogen) atoms. The molecule has 0 aliphatic carbocycles. The maximum absolute atomic E-state index is 13.2. The third-order valence-electron chi connectivity index (χ3n) is 5.59. The highest BCUT2D eigenvalue weighted by Gasteiger charge is 2.21. The third-order valence-corrected chi connectivity index (χ3v) is 5.59. The van der Waals surface area contributed by atoms with E-state index in [4.69, 9.17) is 13.7 Å². The molecule has 0 amide bonds. The van der Waals surface area contributed by atoms with Crippen LogP contribution >= 0.6 is 0 Å². The first-order valence-corrected chi connectivity index (χ1v) is 10.5. The van der Waals surface area contributed by atoms with Crippen molar-refractivity contribution in [2.75, 3.05) is 7.11 Å². The number of hydrogen-bond acceptors (Lipinski definition) is 7. The zero-order valence-electron chi connectivity index (χ0n) is 18.7. The summed E-state index contributed by atoms with van der Waals surface area (Å²) in [5.41, 5.74) is 3.89. The minimum absolute atomic E-state index is 0.138. The van der Waals surface area contributed by atoms with E-state index in [0.717, 1.165) is 16.7 Å². The van der Waals surface area contributed by atoms with Crippen LogP contribution in [0.3, 0.4) is 0 Å². The number of ether oxygens (including phenoxy) is 1. The van der Waals surface area contributed by atoms with Gasteiger partial charge in [-0.1, -0.05) is 35.0 Å². The summed E-state index contributed by atoms with van der Waals surface area (Å²) in [5, 5.41) is 9.27. The van der Waals surface area contributed by atoms with E-state index in [0.29, 0.717) is 39.9 Å². The molecule has 0 radical (unpaired) electrons. The highest BCUT2D eigenvalue weighted by Crippen LogP contribution is 2.30. The van der Waals surface area contributed by atoms with Gasteiger partial charge in [0.15, 0.2) is 5.52 Å². The van der Waals surface area contributed by atoms with Crippen LogP contribution in [0.25, 0.3) is 33.6 Å². The number of aryl methyl sites for hydroxylation is 3. The molecular formula is C25H22N4O4. The van der Waals surface area contributed by atoms with E-state index in [-0.39, 0.29) is 17.6 Å². The summed E-state index contributed by atoms with van der Waals surface area (Å²) in [6.07, 6.45) is 0. The summed E-state index contributed by atoms with van der Waals surface area (Å²) in [7, 11) is 1.60. The van der Waals surface area contributed by atoms with Gasteiger partial charge in [-0.25, -0.2) is 9.67 Å². The van der Waals surface area contributed by atoms with Crippen LogP contribution in [-0.2, 0) is 6.54 Å². The van der Waals surface area contributed by atoms with Gasteiger partial charge in [0.25, 0.3) is 5.56 Å². The Kier molecular flexibility index (Phi) is 5.05. The van der Waals surface area contributed by atoms with Crippen LogP contribution in [0.5, 0.6) is 5.75 Å². The molecule has 0 bridgehead atoms. The number of hydrogen-bond donors (Lipinski definition) is 0. The molecule has 0 atom stereocenters. The predicted molar refractivity (Wildman–Crippen MR) is 123 cm³/mol. The van der Waals surface area contributed by atoms with Crippen molar-refractivity contribution in [3.8, 4) is 28.5 Å². The lowest BCUT2D eigenvalue weighted by molar-refractivity contribution is 0.405. The minimum Gasteiger partial charge on any atom is -0.497 e. The highest BCUT2D eigenvalue weighted by molar-refractivity contribution is 5.93. The van der Waals surface area contributed by atoms with Crippen LogP contribution < -0.4 is 10.3 Å². The highest BCUT2D eigenvalue weighted by atomic mass is 16.5. The summed E-state index contributed by atoms with van der Waals surface area (Å²) < 4.78 is 17.9. The van der Waals surface area contributed by atoms with Gasteiger partial charge < -0.3 is 13.7 Å². The van der Waals surface area contributed by atoms with Gasteiger partial charge in [-0.2, -0.15) is 5.10 Å². The Morgan fingerprint density at radius 3 is 2.55 bits per heavy atom. The largest absolute Gasteiger partial charge is 0.497 e. The number of fused-ring (bicyclic) bond motifs is 1. The Hall–Kier alpha value is -4.20. The summed E-state index contributed by atoms with van der Waals surface area (Å²) in [4.78, 5) is 17.8. The van der Waals surface area contributed by atoms with Crippen molar-refractivity contribution < 1.29 is 13.7 Å². The fraction of sp³-hybridized carbons (Fsp3) is 0.200. The number of methoxy groups -OCH3 is 1. The molecule has 0 saturated heterocycles. The van der Waals surface area contributed by atoms with Crippen molar-refractivity contribution in [1.29, 1.82) is 0 Å². The normalized spacial score (nSPS) is 11.3. The lowest BCUT2D eigenvalue weighted by Gasteiger charge is -2.09. The lowest BCUT2D eigenvalue weighted by atomic mass is 10.1. The molecule has 166 valence electrons. The molecule has 0 saturated carbocycles. The second-order valence-electron chi connectivity index (χ2n) is 7.89. The van der Waals surface area contributed by atoms with E-state index in [1.165, 1.54) is 4.68 Å². The maximum atomic E-state index is 13.2. The first kappa shape index (κ1) is 20.7. The molecule has 3 heterocycles. The van der Waals surface area contributed by atoms with Crippen LogP contribution in [0.15, 0.2) is 62.3 Å². The van der Waals surface area contributed by atoms with E-state index in [1.54, 1.807) is 14.0 Å². The smallest absolute Gasteiger partial charge is 0.297 e. The fourth-order valence-corrected chi connectivity index (χ4v) is 3.75. The van der Waals surface area contributed by atoms with Gasteiger partial charge >= 0.3 is 0 Å². The van der Waals surface area contributed by atoms with Gasteiger partial charge in [0.1, 0.15) is 28.7 Å². The van der Waals surface area contributed by atoms with E-state index >= 15 is 0 Å². The van der Waals surface area contributed by atoms with Crippen LogP contribution in [0.1, 0.15) is 22.8 Å². The molecule has 0 spiro atoms. The Morgan fingerprint density at radius 2 is 1.79 bits per heavy atom. The van der Waals surface area contributed by atoms with Gasteiger partial charge in [-0.15, -0.1) is 0 Å². The van der Waals surface area contributed by atoms with E-state index < -0.39 is 0 Å². The molecule has 5 aromatic rings. The number of benzene rings is 2. The monoisotopic (exact) mass is 442 g/mol. The summed E-state index contributed by atoms with van der Waals surface area (Å²) in [6.45, 7) is 5.75. The predicted octanol–water partition coefficient (Wildman–Crippen LogP) is 4.69. The summed E-state index contributed by atoms with van der Waals surface area (Å²) in [5.74, 6) is 2.34. The molecule has 5 rings (SSSR count). The molecule has 0 N–H and O–H groups in total. The van der Waals surface area contributed by atoms with Crippen molar-refractivity contribution >= 4 is 10.9 Å². The Bertz CT molecular complexity index is 1530. The first-order valence-electron chi connectivity index (χ1n) is 10.5. The Balaban J connectivity index is 1.62. The average Bonchev–Trinajstić information content (AvgIpc) is 3.39. The molecule has 3 aromatic heterocycles. The SMILES string of the molecule is COc1cccc(-c2nn(Cc3nc(-c4ccc(C)cc4)oc3C)c(=O)c3noc(C)c23)c1. The topological polar surface area (TPSA) is 96.2 Å². The summed E-state index contributed by atoms with van der Waals surface area (Å²) >= 11 is 0. The van der Waals surface area contributed by atoms with Gasteiger partial charge in [-0.3, -0.25) is 4.79 Å². The van der Waals surface area contributed by atoms with Gasteiger partial charge in [0.2, 0.25) is 5.89 Å². The van der Waals surface area contributed by atoms with E-state index in [2.05, 4.69) is 15.2 Å². The van der Waals surface area contributed by atoms with Crippen molar-refractivity contribution in [3.05, 3.63) is 81.7 Å². The molecule has 0 fully saturated rings. The zero-order chi connectivity index (χ0) is 23.1. The van der Waals surface area contributed by atoms with Crippen LogP contribution in [0.2, 0.25) is 0 Å². The lowest BCUT2D eigenvalue weighted by Crippen LogP contribution is -2.25. The molecule has 8 nitrogen and oxygen atoms in total. The standard InChI is InChI=1S/C25H22N4O4/c1-14-8-10-17(11-9-14)24-26-20(15(2)32-24)13-29-25(30)23-21(16(3)33-28-23)22(27-29)18-6-5-7-19(12-18)31-4/h5-12H,13H2,1-4H3. The molecule has 8 heteroatoms. The molecule has 0 aliphatic heterocycles. The second-order valence-corrected chi connectivity index (χ2v) is 7.89. The number of oxazole rings is 1. The van der Waals surface area contributed by atoms with Crippen molar-refractivity contribution in [2.45, 2.75) is 27.3 Å². The van der Waals surface area contributed by atoms with Crippen molar-refractivity contribution in [2.24, 2.45) is 0 Å². The Morgan fingerprint density at radius 1 is 1.00 bits per heavy atom.